The van der Waals surface area contributed by atoms with Gasteiger partial charge >= 0.3 is 0 Å². The van der Waals surface area contributed by atoms with Crippen molar-refractivity contribution in [1.29, 1.82) is 0 Å². The van der Waals surface area contributed by atoms with Crippen LogP contribution < -0.4 is 5.32 Å². The summed E-state index contributed by atoms with van der Waals surface area (Å²) in [6, 6.07) is 13.7. The van der Waals surface area contributed by atoms with Gasteiger partial charge in [-0.1, -0.05) is 24.3 Å². The zero-order valence-electron chi connectivity index (χ0n) is 14.4. The van der Waals surface area contributed by atoms with Crippen LogP contribution in [-0.4, -0.2) is 37.1 Å². The lowest BCUT2D eigenvalue weighted by Crippen LogP contribution is -2.35. The Morgan fingerprint density at radius 2 is 1.92 bits per heavy atom. The lowest BCUT2D eigenvalue weighted by molar-refractivity contribution is 0.0342. The first-order valence-corrected chi connectivity index (χ1v) is 8.57. The predicted octanol–water partition coefficient (Wildman–Crippen LogP) is 3.15. The lowest BCUT2D eigenvalue weighted by Gasteiger charge is -2.26. The molecule has 0 radical (unpaired) electrons. The van der Waals surface area contributed by atoms with Crippen LogP contribution in [0, 0.1) is 5.82 Å². The van der Waals surface area contributed by atoms with Crippen molar-refractivity contribution in [3.05, 3.63) is 71.0 Å². The van der Waals surface area contributed by atoms with Crippen molar-refractivity contribution < 1.29 is 13.9 Å². The molecule has 1 saturated heterocycles. The van der Waals surface area contributed by atoms with Gasteiger partial charge in [0.2, 0.25) is 0 Å². The second kappa shape index (κ2) is 8.23. The topological polar surface area (TPSA) is 41.6 Å². The van der Waals surface area contributed by atoms with Gasteiger partial charge in [0.25, 0.3) is 5.91 Å². The number of hydrogen-bond donors (Lipinski definition) is 1. The van der Waals surface area contributed by atoms with Gasteiger partial charge in [0.1, 0.15) is 5.82 Å². The van der Waals surface area contributed by atoms with Crippen molar-refractivity contribution in [3.63, 3.8) is 0 Å². The molecule has 3 rings (SSSR count). The molecule has 0 spiro atoms. The molecule has 5 heteroatoms. The fraction of sp³-hybridized carbons (Fsp3) is 0.350. The summed E-state index contributed by atoms with van der Waals surface area (Å²) in [6.07, 6.45) is 0. The van der Waals surface area contributed by atoms with E-state index in [-0.39, 0.29) is 17.8 Å². The minimum absolute atomic E-state index is 0.124. The first kappa shape index (κ1) is 17.6. The fourth-order valence-corrected chi connectivity index (χ4v) is 2.94. The van der Waals surface area contributed by atoms with Gasteiger partial charge in [-0.15, -0.1) is 0 Å². The normalized spacial score (nSPS) is 16.4. The number of carbonyl (C=O) groups is 1. The number of hydrogen-bond acceptors (Lipinski definition) is 3. The standard InChI is InChI=1S/C20H23FN2O2/c1-15(17-5-7-19(21)8-6-17)22-20(24)18-4-2-3-16(13-18)14-23-9-11-25-12-10-23/h2-8,13,15H,9-12,14H2,1H3,(H,22,24)/t15-/m1/s1. The Bertz CT molecular complexity index is 712. The molecule has 0 unspecified atom stereocenters. The van der Waals surface area contributed by atoms with E-state index in [2.05, 4.69) is 10.2 Å². The molecule has 132 valence electrons. The van der Waals surface area contributed by atoms with Gasteiger partial charge in [-0.3, -0.25) is 9.69 Å². The van der Waals surface area contributed by atoms with E-state index in [0.717, 1.165) is 44.0 Å². The van der Waals surface area contributed by atoms with E-state index in [1.54, 1.807) is 12.1 Å². The Balaban J connectivity index is 1.63. The van der Waals surface area contributed by atoms with Crippen molar-refractivity contribution in [2.45, 2.75) is 19.5 Å². The van der Waals surface area contributed by atoms with Crippen LogP contribution in [0.5, 0.6) is 0 Å². The summed E-state index contributed by atoms with van der Waals surface area (Å²) < 4.78 is 18.4. The lowest BCUT2D eigenvalue weighted by atomic mass is 10.1. The predicted molar refractivity (Wildman–Crippen MR) is 94.8 cm³/mol. The molecule has 1 atom stereocenters. The minimum Gasteiger partial charge on any atom is -0.379 e. The molecule has 1 amide bonds. The van der Waals surface area contributed by atoms with E-state index in [9.17, 15) is 9.18 Å². The van der Waals surface area contributed by atoms with Crippen LogP contribution in [0.4, 0.5) is 4.39 Å². The summed E-state index contributed by atoms with van der Waals surface area (Å²) in [5.74, 6) is -0.404. The average Bonchev–Trinajstić information content (AvgIpc) is 2.63. The number of morpholine rings is 1. The van der Waals surface area contributed by atoms with Crippen molar-refractivity contribution in [2.75, 3.05) is 26.3 Å². The smallest absolute Gasteiger partial charge is 0.251 e. The Hall–Kier alpha value is -2.24. The van der Waals surface area contributed by atoms with Crippen LogP contribution in [0.2, 0.25) is 0 Å². The highest BCUT2D eigenvalue weighted by molar-refractivity contribution is 5.94. The third-order valence-electron chi connectivity index (χ3n) is 4.42. The molecule has 1 fully saturated rings. The quantitative estimate of drug-likeness (QED) is 0.908. The first-order valence-electron chi connectivity index (χ1n) is 8.57. The molecule has 2 aromatic rings. The summed E-state index contributed by atoms with van der Waals surface area (Å²) in [5.41, 5.74) is 2.63. The maximum atomic E-state index is 13.0. The molecule has 0 bridgehead atoms. The average molecular weight is 342 g/mol. The van der Waals surface area contributed by atoms with E-state index in [1.165, 1.54) is 12.1 Å². The van der Waals surface area contributed by atoms with Crippen LogP contribution in [-0.2, 0) is 11.3 Å². The number of rotatable bonds is 5. The largest absolute Gasteiger partial charge is 0.379 e. The Morgan fingerprint density at radius 1 is 1.20 bits per heavy atom. The molecule has 1 aliphatic heterocycles. The zero-order chi connectivity index (χ0) is 17.6. The Kier molecular flexibility index (Phi) is 5.79. The molecule has 1 N–H and O–H groups in total. The van der Waals surface area contributed by atoms with Crippen molar-refractivity contribution in [2.24, 2.45) is 0 Å². The summed E-state index contributed by atoms with van der Waals surface area (Å²) in [7, 11) is 0. The molecule has 2 aromatic carbocycles. The third kappa shape index (κ3) is 4.87. The highest BCUT2D eigenvalue weighted by atomic mass is 19.1. The third-order valence-corrected chi connectivity index (χ3v) is 4.42. The molecule has 0 aromatic heterocycles. The molecular weight excluding hydrogens is 319 g/mol. The first-order chi connectivity index (χ1) is 12.1. The SMILES string of the molecule is C[C@@H](NC(=O)c1cccc(CN2CCOCC2)c1)c1ccc(F)cc1. The van der Waals surface area contributed by atoms with Crippen molar-refractivity contribution in [3.8, 4) is 0 Å². The van der Waals surface area contributed by atoms with Gasteiger partial charge in [-0.2, -0.15) is 0 Å². The summed E-state index contributed by atoms with van der Waals surface area (Å²) in [4.78, 5) is 14.8. The number of ether oxygens (including phenoxy) is 1. The summed E-state index contributed by atoms with van der Waals surface area (Å²) >= 11 is 0. The second-order valence-corrected chi connectivity index (χ2v) is 6.34. The van der Waals surface area contributed by atoms with Gasteiger partial charge in [-0.05, 0) is 42.3 Å². The maximum absolute atomic E-state index is 13.0. The van der Waals surface area contributed by atoms with Crippen LogP contribution >= 0.6 is 0 Å². The molecular formula is C20H23FN2O2. The highest BCUT2D eigenvalue weighted by Crippen LogP contribution is 2.15. The maximum Gasteiger partial charge on any atom is 0.251 e. The van der Waals surface area contributed by atoms with Crippen LogP contribution in [0.25, 0.3) is 0 Å². The second-order valence-electron chi connectivity index (χ2n) is 6.34. The van der Waals surface area contributed by atoms with Gasteiger partial charge in [0, 0.05) is 25.2 Å². The number of amides is 1. The minimum atomic E-state index is -0.280. The van der Waals surface area contributed by atoms with Gasteiger partial charge < -0.3 is 10.1 Å². The molecule has 1 heterocycles. The van der Waals surface area contributed by atoms with Crippen LogP contribution in [0.3, 0.4) is 0 Å². The monoisotopic (exact) mass is 342 g/mol. The number of halogens is 1. The van der Waals surface area contributed by atoms with Gasteiger partial charge in [0.15, 0.2) is 0 Å². The van der Waals surface area contributed by atoms with E-state index >= 15 is 0 Å². The highest BCUT2D eigenvalue weighted by Gasteiger charge is 2.14. The van der Waals surface area contributed by atoms with Crippen molar-refractivity contribution in [1.82, 2.24) is 10.2 Å². The number of benzene rings is 2. The number of nitrogens with zero attached hydrogens (tertiary/aromatic N) is 1. The van der Waals surface area contributed by atoms with E-state index in [4.69, 9.17) is 4.74 Å². The van der Waals surface area contributed by atoms with E-state index in [1.807, 2.05) is 31.2 Å². The van der Waals surface area contributed by atoms with Crippen LogP contribution in [0.1, 0.15) is 34.5 Å². The Morgan fingerprint density at radius 3 is 2.64 bits per heavy atom. The van der Waals surface area contributed by atoms with Gasteiger partial charge in [-0.25, -0.2) is 4.39 Å². The Labute approximate surface area is 147 Å². The molecule has 25 heavy (non-hydrogen) atoms. The molecule has 0 saturated carbocycles. The van der Waals surface area contributed by atoms with Gasteiger partial charge in [0.05, 0.1) is 19.3 Å². The summed E-state index contributed by atoms with van der Waals surface area (Å²) in [5, 5.41) is 2.97. The van der Waals surface area contributed by atoms with Crippen molar-refractivity contribution >= 4 is 5.91 Å². The molecule has 0 aliphatic carbocycles. The summed E-state index contributed by atoms with van der Waals surface area (Å²) in [6.45, 7) is 6.06. The fourth-order valence-electron chi connectivity index (χ4n) is 2.94. The van der Waals surface area contributed by atoms with E-state index in [0.29, 0.717) is 5.56 Å². The molecule has 4 nitrogen and oxygen atoms in total. The number of nitrogens with one attached hydrogen (secondary N) is 1. The molecule has 1 aliphatic rings. The number of carbonyl (C=O) groups excluding carboxylic acids is 1. The van der Waals surface area contributed by atoms with Crippen LogP contribution in [0.15, 0.2) is 48.5 Å². The van der Waals surface area contributed by atoms with E-state index < -0.39 is 0 Å². The zero-order valence-corrected chi connectivity index (χ0v) is 14.4.